The number of hydrogen-bond donors (Lipinski definition) is 1. The van der Waals surface area contributed by atoms with Crippen LogP contribution in [0.5, 0.6) is 5.75 Å². The van der Waals surface area contributed by atoms with Crippen LogP contribution in [0.3, 0.4) is 0 Å². The van der Waals surface area contributed by atoms with Crippen LogP contribution in [0.4, 0.5) is 0 Å². The molecule has 1 aromatic rings. The minimum absolute atomic E-state index is 0.164. The quantitative estimate of drug-likeness (QED) is 0.776. The lowest BCUT2D eigenvalue weighted by Crippen LogP contribution is -2.50. The van der Waals surface area contributed by atoms with Crippen LogP contribution >= 0.6 is 11.6 Å². The van der Waals surface area contributed by atoms with Crippen LogP contribution in [0.25, 0.3) is 0 Å². The Morgan fingerprint density at radius 3 is 2.58 bits per heavy atom. The van der Waals surface area contributed by atoms with Crippen molar-refractivity contribution in [1.29, 1.82) is 0 Å². The van der Waals surface area contributed by atoms with Crippen LogP contribution in [0.15, 0.2) is 24.3 Å². The summed E-state index contributed by atoms with van der Waals surface area (Å²) in [5.74, 6) is 1.64. The van der Waals surface area contributed by atoms with Gasteiger partial charge in [0.25, 0.3) is 0 Å². The van der Waals surface area contributed by atoms with E-state index in [1.54, 1.807) is 0 Å². The molecule has 1 aliphatic heterocycles. The van der Waals surface area contributed by atoms with E-state index in [1.165, 1.54) is 12.8 Å². The molecule has 6 heteroatoms. The number of carbonyl (C=O) groups excluding carboxylic acids is 1. The van der Waals surface area contributed by atoms with Gasteiger partial charge in [-0.25, -0.2) is 0 Å². The summed E-state index contributed by atoms with van der Waals surface area (Å²) < 4.78 is 5.74. The van der Waals surface area contributed by atoms with Crippen LogP contribution in [0.2, 0.25) is 5.02 Å². The molecule has 1 aromatic carbocycles. The number of amides is 1. The SMILES string of the molecule is O=C(CN1CCN(CCOc2ccccc2Cl)CC1)NCC1CC1. The van der Waals surface area contributed by atoms with Gasteiger partial charge in [0.05, 0.1) is 11.6 Å². The zero-order valence-corrected chi connectivity index (χ0v) is 14.8. The van der Waals surface area contributed by atoms with Crippen molar-refractivity contribution in [3.8, 4) is 5.75 Å². The fourth-order valence-corrected chi connectivity index (χ4v) is 3.05. The highest BCUT2D eigenvalue weighted by atomic mass is 35.5. The number of nitrogens with zero attached hydrogens (tertiary/aromatic N) is 2. The van der Waals surface area contributed by atoms with E-state index in [0.717, 1.165) is 50.9 Å². The number of para-hydroxylation sites is 1. The Kier molecular flexibility index (Phi) is 6.35. The Bertz CT molecular complexity index is 543. The van der Waals surface area contributed by atoms with Crippen molar-refractivity contribution in [2.24, 2.45) is 5.92 Å². The molecular weight excluding hydrogens is 326 g/mol. The predicted octanol–water partition coefficient (Wildman–Crippen LogP) is 1.86. The molecule has 132 valence electrons. The molecular formula is C18H26ClN3O2. The van der Waals surface area contributed by atoms with Crippen LogP contribution < -0.4 is 10.1 Å². The van der Waals surface area contributed by atoms with Crippen molar-refractivity contribution in [2.45, 2.75) is 12.8 Å². The molecule has 1 saturated carbocycles. The lowest BCUT2D eigenvalue weighted by Gasteiger charge is -2.34. The molecule has 1 N–H and O–H groups in total. The van der Waals surface area contributed by atoms with Crippen LogP contribution in [-0.4, -0.2) is 68.1 Å². The van der Waals surface area contributed by atoms with Gasteiger partial charge in [0.1, 0.15) is 12.4 Å². The van der Waals surface area contributed by atoms with Crippen molar-refractivity contribution in [3.63, 3.8) is 0 Å². The minimum atomic E-state index is 0.164. The first kappa shape index (κ1) is 17.5. The van der Waals surface area contributed by atoms with Gasteiger partial charge in [-0.1, -0.05) is 23.7 Å². The first-order chi connectivity index (χ1) is 11.7. The highest BCUT2D eigenvalue weighted by Gasteiger charge is 2.23. The average Bonchev–Trinajstić information content (AvgIpc) is 3.41. The monoisotopic (exact) mass is 351 g/mol. The largest absolute Gasteiger partial charge is 0.491 e. The molecule has 1 saturated heterocycles. The van der Waals surface area contributed by atoms with E-state index < -0.39 is 0 Å². The molecule has 2 aliphatic rings. The molecule has 3 rings (SSSR count). The Balaban J connectivity index is 1.29. The highest BCUT2D eigenvalue weighted by Crippen LogP contribution is 2.27. The van der Waals surface area contributed by atoms with Crippen LogP contribution in [-0.2, 0) is 4.79 Å². The molecule has 5 nitrogen and oxygen atoms in total. The zero-order valence-electron chi connectivity index (χ0n) is 14.0. The smallest absolute Gasteiger partial charge is 0.234 e. The van der Waals surface area contributed by atoms with Gasteiger partial charge >= 0.3 is 0 Å². The summed E-state index contributed by atoms with van der Waals surface area (Å²) in [6, 6.07) is 7.55. The summed E-state index contributed by atoms with van der Waals surface area (Å²) in [4.78, 5) is 16.5. The summed E-state index contributed by atoms with van der Waals surface area (Å²) in [5.41, 5.74) is 0. The van der Waals surface area contributed by atoms with Crippen molar-refractivity contribution in [2.75, 3.05) is 52.4 Å². The van der Waals surface area contributed by atoms with E-state index in [2.05, 4.69) is 15.1 Å². The van der Waals surface area contributed by atoms with E-state index in [9.17, 15) is 4.79 Å². The number of rotatable bonds is 8. The molecule has 24 heavy (non-hydrogen) atoms. The fourth-order valence-electron chi connectivity index (χ4n) is 2.86. The minimum Gasteiger partial charge on any atom is -0.491 e. The van der Waals surface area contributed by atoms with E-state index in [0.29, 0.717) is 18.2 Å². The van der Waals surface area contributed by atoms with E-state index in [1.807, 2.05) is 24.3 Å². The zero-order chi connectivity index (χ0) is 16.8. The lowest BCUT2D eigenvalue weighted by molar-refractivity contribution is -0.122. The van der Waals surface area contributed by atoms with Gasteiger partial charge in [-0.15, -0.1) is 0 Å². The van der Waals surface area contributed by atoms with Crippen molar-refractivity contribution in [3.05, 3.63) is 29.3 Å². The van der Waals surface area contributed by atoms with Crippen molar-refractivity contribution in [1.82, 2.24) is 15.1 Å². The first-order valence-electron chi connectivity index (χ1n) is 8.79. The maximum atomic E-state index is 11.9. The fraction of sp³-hybridized carbons (Fsp3) is 0.611. The third kappa shape index (κ3) is 5.65. The van der Waals surface area contributed by atoms with E-state index in [4.69, 9.17) is 16.3 Å². The van der Waals surface area contributed by atoms with Gasteiger partial charge < -0.3 is 10.1 Å². The van der Waals surface area contributed by atoms with Gasteiger partial charge in [-0.05, 0) is 30.9 Å². The normalized spacial score (nSPS) is 19.2. The standard InChI is InChI=1S/C18H26ClN3O2/c19-16-3-1-2-4-17(16)24-12-11-21-7-9-22(10-8-21)14-18(23)20-13-15-5-6-15/h1-4,15H,5-14H2,(H,20,23). The second-order valence-electron chi connectivity index (χ2n) is 6.64. The molecule has 1 amide bonds. The Hall–Kier alpha value is -1.30. The highest BCUT2D eigenvalue weighted by molar-refractivity contribution is 6.32. The Morgan fingerprint density at radius 2 is 1.88 bits per heavy atom. The second-order valence-corrected chi connectivity index (χ2v) is 7.05. The molecule has 1 aliphatic carbocycles. The van der Waals surface area contributed by atoms with Gasteiger partial charge in [-0.2, -0.15) is 0 Å². The number of nitrogens with one attached hydrogen (secondary N) is 1. The summed E-state index contributed by atoms with van der Waals surface area (Å²) in [6.45, 7) is 6.71. The molecule has 2 fully saturated rings. The molecule has 0 spiro atoms. The van der Waals surface area contributed by atoms with Crippen LogP contribution in [0, 0.1) is 5.92 Å². The average molecular weight is 352 g/mol. The van der Waals surface area contributed by atoms with E-state index in [-0.39, 0.29) is 5.91 Å². The van der Waals surface area contributed by atoms with Crippen molar-refractivity contribution >= 4 is 17.5 Å². The Morgan fingerprint density at radius 1 is 1.17 bits per heavy atom. The third-order valence-corrected chi connectivity index (χ3v) is 4.93. The number of hydrogen-bond acceptors (Lipinski definition) is 4. The van der Waals surface area contributed by atoms with Gasteiger partial charge in [0.2, 0.25) is 5.91 Å². The first-order valence-corrected chi connectivity index (χ1v) is 9.17. The van der Waals surface area contributed by atoms with Gasteiger partial charge in [-0.3, -0.25) is 14.6 Å². The summed E-state index contributed by atoms with van der Waals surface area (Å²) in [7, 11) is 0. The number of ether oxygens (including phenoxy) is 1. The lowest BCUT2D eigenvalue weighted by atomic mass is 10.3. The van der Waals surface area contributed by atoms with Crippen LogP contribution in [0.1, 0.15) is 12.8 Å². The molecule has 0 bridgehead atoms. The molecule has 0 aromatic heterocycles. The third-order valence-electron chi connectivity index (χ3n) is 4.62. The molecule has 0 unspecified atom stereocenters. The molecule has 1 heterocycles. The number of carbonyl (C=O) groups is 1. The second kappa shape index (κ2) is 8.70. The maximum absolute atomic E-state index is 11.9. The summed E-state index contributed by atoms with van der Waals surface area (Å²) in [6.07, 6.45) is 2.55. The van der Waals surface area contributed by atoms with Gasteiger partial charge in [0.15, 0.2) is 0 Å². The molecule has 0 radical (unpaired) electrons. The van der Waals surface area contributed by atoms with E-state index >= 15 is 0 Å². The number of benzene rings is 1. The predicted molar refractivity (Wildman–Crippen MR) is 95.6 cm³/mol. The van der Waals surface area contributed by atoms with Crippen molar-refractivity contribution < 1.29 is 9.53 Å². The number of piperazine rings is 1. The summed E-state index contributed by atoms with van der Waals surface area (Å²) in [5, 5.41) is 3.69. The maximum Gasteiger partial charge on any atom is 0.234 e. The topological polar surface area (TPSA) is 44.8 Å². The summed E-state index contributed by atoms with van der Waals surface area (Å²) >= 11 is 6.08. The molecule has 0 atom stereocenters. The Labute approximate surface area is 148 Å². The number of halogens is 1. The van der Waals surface area contributed by atoms with Gasteiger partial charge in [0, 0.05) is 39.3 Å².